The SMILES string of the molecule is Cc1cc(Cl)ccc1NC(=O)N1CCc2nc3cc[nH]n3c(=O)c2C1. The Balaban J connectivity index is 1.59. The minimum Gasteiger partial charge on any atom is -0.320 e. The van der Waals surface area contributed by atoms with Gasteiger partial charge in [0.25, 0.3) is 5.56 Å². The number of aromatic amines is 1. The van der Waals surface area contributed by atoms with Gasteiger partial charge in [0.05, 0.1) is 17.8 Å². The van der Waals surface area contributed by atoms with Crippen LogP contribution in [0.2, 0.25) is 5.02 Å². The molecule has 3 heterocycles. The lowest BCUT2D eigenvalue weighted by molar-refractivity contribution is 0.205. The van der Waals surface area contributed by atoms with Crippen LogP contribution in [0.25, 0.3) is 5.65 Å². The number of urea groups is 1. The zero-order chi connectivity index (χ0) is 17.6. The van der Waals surface area contributed by atoms with E-state index >= 15 is 0 Å². The molecule has 4 rings (SSSR count). The molecule has 0 unspecified atom stereocenters. The Morgan fingerprint density at radius 3 is 3.00 bits per heavy atom. The lowest BCUT2D eigenvalue weighted by Gasteiger charge is -2.28. The van der Waals surface area contributed by atoms with Crippen LogP contribution in [0.1, 0.15) is 16.8 Å². The standard InChI is InChI=1S/C17H16ClN5O2/c1-10-8-11(18)2-3-13(10)21-17(25)22-7-5-14-12(9-22)16(24)23-15(20-14)4-6-19-23/h2-4,6,8,19H,5,7,9H2,1H3,(H,21,25). The molecule has 2 N–H and O–H groups in total. The molecule has 0 spiro atoms. The monoisotopic (exact) mass is 357 g/mol. The maximum absolute atomic E-state index is 12.6. The highest BCUT2D eigenvalue weighted by Gasteiger charge is 2.25. The number of carbonyl (C=O) groups is 1. The number of nitrogens with zero attached hydrogens (tertiary/aromatic N) is 3. The number of benzene rings is 1. The molecule has 3 aromatic rings. The molecular weight excluding hydrogens is 342 g/mol. The Kier molecular flexibility index (Phi) is 3.73. The second-order valence-electron chi connectivity index (χ2n) is 6.06. The number of halogens is 1. The summed E-state index contributed by atoms with van der Waals surface area (Å²) in [6.07, 6.45) is 2.22. The fraction of sp³-hybridized carbons (Fsp3) is 0.235. The van der Waals surface area contributed by atoms with Crippen LogP contribution < -0.4 is 10.9 Å². The molecular formula is C17H16ClN5O2. The summed E-state index contributed by atoms with van der Waals surface area (Å²) in [4.78, 5) is 31.3. The normalized spacial score (nSPS) is 13.8. The van der Waals surface area contributed by atoms with E-state index in [0.717, 1.165) is 11.3 Å². The number of fused-ring (bicyclic) bond motifs is 2. The van der Waals surface area contributed by atoms with E-state index in [1.54, 1.807) is 35.4 Å². The molecule has 0 radical (unpaired) electrons. The first-order chi connectivity index (χ1) is 12.0. The Bertz CT molecular complexity index is 1040. The van der Waals surface area contributed by atoms with E-state index in [0.29, 0.717) is 34.9 Å². The van der Waals surface area contributed by atoms with Crippen molar-refractivity contribution in [1.29, 1.82) is 0 Å². The molecule has 128 valence electrons. The van der Waals surface area contributed by atoms with Crippen molar-refractivity contribution in [2.45, 2.75) is 19.9 Å². The third-order valence-electron chi connectivity index (χ3n) is 4.41. The lowest BCUT2D eigenvalue weighted by Crippen LogP contribution is -2.42. The summed E-state index contributed by atoms with van der Waals surface area (Å²) in [6, 6.07) is 6.80. The average Bonchev–Trinajstić information content (AvgIpc) is 3.06. The van der Waals surface area contributed by atoms with Crippen molar-refractivity contribution < 1.29 is 4.79 Å². The van der Waals surface area contributed by atoms with Crippen LogP contribution in [0.4, 0.5) is 10.5 Å². The van der Waals surface area contributed by atoms with Gasteiger partial charge in [-0.15, -0.1) is 0 Å². The first-order valence-corrected chi connectivity index (χ1v) is 8.31. The summed E-state index contributed by atoms with van der Waals surface area (Å²) in [5.41, 5.74) is 3.33. The Morgan fingerprint density at radius 1 is 1.36 bits per heavy atom. The number of H-pyrrole nitrogens is 1. The van der Waals surface area contributed by atoms with E-state index in [-0.39, 0.29) is 18.1 Å². The number of carbonyl (C=O) groups excluding carboxylic acids is 1. The molecule has 1 aromatic carbocycles. The van der Waals surface area contributed by atoms with E-state index in [2.05, 4.69) is 15.4 Å². The summed E-state index contributed by atoms with van der Waals surface area (Å²) in [7, 11) is 0. The van der Waals surface area contributed by atoms with E-state index < -0.39 is 0 Å². The highest BCUT2D eigenvalue weighted by molar-refractivity contribution is 6.30. The van der Waals surface area contributed by atoms with Crippen LogP contribution in [0.3, 0.4) is 0 Å². The molecule has 0 saturated heterocycles. The summed E-state index contributed by atoms with van der Waals surface area (Å²) in [5.74, 6) is 0. The molecule has 0 saturated carbocycles. The Morgan fingerprint density at radius 2 is 2.20 bits per heavy atom. The average molecular weight is 358 g/mol. The largest absolute Gasteiger partial charge is 0.322 e. The van der Waals surface area contributed by atoms with Crippen LogP contribution in [-0.4, -0.2) is 32.1 Å². The fourth-order valence-electron chi connectivity index (χ4n) is 3.05. The van der Waals surface area contributed by atoms with Gasteiger partial charge in [-0.1, -0.05) is 11.6 Å². The third kappa shape index (κ3) is 2.76. The van der Waals surface area contributed by atoms with Crippen molar-refractivity contribution in [3.63, 3.8) is 0 Å². The Labute approximate surface area is 148 Å². The number of hydrogen-bond donors (Lipinski definition) is 2. The van der Waals surface area contributed by atoms with Crippen LogP contribution in [0.5, 0.6) is 0 Å². The summed E-state index contributed by atoms with van der Waals surface area (Å²) in [6.45, 7) is 2.63. The van der Waals surface area contributed by atoms with Crippen LogP contribution in [0, 0.1) is 6.92 Å². The summed E-state index contributed by atoms with van der Waals surface area (Å²) >= 11 is 5.94. The van der Waals surface area contributed by atoms with Gasteiger partial charge in [-0.05, 0) is 30.7 Å². The molecule has 2 aromatic heterocycles. The minimum atomic E-state index is -0.243. The van der Waals surface area contributed by atoms with Crippen LogP contribution in [0.15, 0.2) is 35.3 Å². The van der Waals surface area contributed by atoms with Crippen molar-refractivity contribution in [2.75, 3.05) is 11.9 Å². The molecule has 2 amide bonds. The second kappa shape index (κ2) is 5.93. The number of anilines is 1. The van der Waals surface area contributed by atoms with Gasteiger partial charge in [0.2, 0.25) is 0 Å². The maximum Gasteiger partial charge on any atom is 0.322 e. The van der Waals surface area contributed by atoms with Crippen LogP contribution in [-0.2, 0) is 13.0 Å². The van der Waals surface area contributed by atoms with E-state index in [4.69, 9.17) is 11.6 Å². The molecule has 0 aliphatic carbocycles. The topological polar surface area (TPSA) is 82.5 Å². The highest BCUT2D eigenvalue weighted by atomic mass is 35.5. The van der Waals surface area contributed by atoms with E-state index in [1.165, 1.54) is 4.52 Å². The quantitative estimate of drug-likeness (QED) is 0.702. The second-order valence-corrected chi connectivity index (χ2v) is 6.50. The first kappa shape index (κ1) is 15.7. The number of aromatic nitrogens is 3. The van der Waals surface area contributed by atoms with Gasteiger partial charge in [-0.3, -0.25) is 9.89 Å². The molecule has 7 nitrogen and oxygen atoms in total. The first-order valence-electron chi connectivity index (χ1n) is 7.93. The highest BCUT2D eigenvalue weighted by Crippen LogP contribution is 2.21. The van der Waals surface area contributed by atoms with Crippen molar-refractivity contribution in [3.05, 3.63) is 62.7 Å². The smallest absolute Gasteiger partial charge is 0.320 e. The third-order valence-corrected chi connectivity index (χ3v) is 4.64. The van der Waals surface area contributed by atoms with Crippen molar-refractivity contribution in [1.82, 2.24) is 19.5 Å². The predicted octanol–water partition coefficient (Wildman–Crippen LogP) is 2.57. The molecule has 1 aliphatic heterocycles. The van der Waals surface area contributed by atoms with Gasteiger partial charge >= 0.3 is 6.03 Å². The number of amides is 2. The molecule has 0 fully saturated rings. The van der Waals surface area contributed by atoms with Gasteiger partial charge in [0.1, 0.15) is 0 Å². The molecule has 25 heavy (non-hydrogen) atoms. The molecule has 1 aliphatic rings. The van der Waals surface area contributed by atoms with E-state index in [9.17, 15) is 9.59 Å². The van der Waals surface area contributed by atoms with Crippen molar-refractivity contribution in [3.8, 4) is 0 Å². The van der Waals surface area contributed by atoms with E-state index in [1.807, 2.05) is 6.92 Å². The lowest BCUT2D eigenvalue weighted by atomic mass is 10.1. The number of rotatable bonds is 1. The summed E-state index contributed by atoms with van der Waals surface area (Å²) in [5, 5.41) is 6.35. The van der Waals surface area contributed by atoms with Crippen molar-refractivity contribution >= 4 is 29.0 Å². The molecule has 8 heteroatoms. The molecule has 0 bridgehead atoms. The summed E-state index contributed by atoms with van der Waals surface area (Å²) < 4.78 is 1.39. The van der Waals surface area contributed by atoms with Crippen molar-refractivity contribution in [2.24, 2.45) is 0 Å². The Hall–Kier alpha value is -2.80. The fourth-order valence-corrected chi connectivity index (χ4v) is 3.28. The zero-order valence-electron chi connectivity index (χ0n) is 13.5. The van der Waals surface area contributed by atoms with Gasteiger partial charge in [0.15, 0.2) is 5.65 Å². The maximum atomic E-state index is 12.6. The van der Waals surface area contributed by atoms with Gasteiger partial charge in [-0.2, -0.15) is 0 Å². The molecule has 0 atom stereocenters. The number of aryl methyl sites for hydroxylation is 1. The van der Waals surface area contributed by atoms with Gasteiger partial charge in [-0.25, -0.2) is 14.3 Å². The zero-order valence-corrected chi connectivity index (χ0v) is 14.3. The minimum absolute atomic E-state index is 0.162. The number of hydrogen-bond acceptors (Lipinski definition) is 3. The van der Waals surface area contributed by atoms with Gasteiger partial charge < -0.3 is 10.2 Å². The van der Waals surface area contributed by atoms with Gasteiger partial charge in [0, 0.05) is 35.9 Å². The predicted molar refractivity (Wildman–Crippen MR) is 95.1 cm³/mol. The van der Waals surface area contributed by atoms with Crippen LogP contribution >= 0.6 is 11.6 Å². The number of nitrogens with one attached hydrogen (secondary N) is 2.